The number of nitrogens with one attached hydrogen (secondary N) is 1. The van der Waals surface area contributed by atoms with Crippen molar-refractivity contribution in [2.24, 2.45) is 11.8 Å². The summed E-state index contributed by atoms with van der Waals surface area (Å²) in [6.45, 7) is 4.71. The molecule has 1 aliphatic rings. The maximum absolute atomic E-state index is 3.37. The third-order valence-electron chi connectivity index (χ3n) is 4.32. The van der Waals surface area contributed by atoms with Gasteiger partial charge in [-0.2, -0.15) is 0 Å². The maximum Gasteiger partial charge on any atom is 0.242 e. The van der Waals surface area contributed by atoms with E-state index in [0.717, 1.165) is 11.8 Å². The molecule has 2 nitrogen and oxygen atoms in total. The van der Waals surface area contributed by atoms with E-state index < -0.39 is 0 Å². The van der Waals surface area contributed by atoms with Gasteiger partial charge in [0, 0.05) is 0 Å². The van der Waals surface area contributed by atoms with Crippen LogP contribution in [0.25, 0.3) is 11.0 Å². The Morgan fingerprint density at radius 1 is 1.24 bits per heavy atom. The van der Waals surface area contributed by atoms with Gasteiger partial charge in [-0.15, -0.1) is 0 Å². The largest absolute Gasteiger partial charge is 0.243 e. The molecule has 2 atom stereocenters. The van der Waals surface area contributed by atoms with E-state index in [2.05, 4.69) is 54.0 Å². The lowest BCUT2D eigenvalue weighted by Gasteiger charge is -2.13. The fourth-order valence-electron chi connectivity index (χ4n) is 3.18. The van der Waals surface area contributed by atoms with Crippen molar-refractivity contribution in [1.82, 2.24) is 4.98 Å². The van der Waals surface area contributed by atoms with Crippen LogP contribution in [-0.2, 0) is 0 Å². The standard InChI is InChI=1S/C15H20N2/c1-11(2)12-7-8-13(9-12)17-10-16-14-5-3-4-6-15(14)17/h3-6,10-13H,7-9H2,1-2H3/p+1. The van der Waals surface area contributed by atoms with Gasteiger partial charge in [0.25, 0.3) is 0 Å². The van der Waals surface area contributed by atoms with E-state index in [0.29, 0.717) is 6.04 Å². The highest BCUT2D eigenvalue weighted by atomic mass is 15.1. The number of aromatic amines is 1. The van der Waals surface area contributed by atoms with Crippen LogP contribution in [0.15, 0.2) is 30.6 Å². The molecule has 1 N–H and O–H groups in total. The minimum Gasteiger partial charge on any atom is -0.243 e. The summed E-state index contributed by atoms with van der Waals surface area (Å²) in [7, 11) is 0. The Labute approximate surface area is 103 Å². The van der Waals surface area contributed by atoms with Crippen molar-refractivity contribution in [1.29, 1.82) is 0 Å². The number of benzene rings is 1. The number of H-pyrrole nitrogens is 1. The van der Waals surface area contributed by atoms with E-state index in [1.807, 2.05) is 0 Å². The second-order valence-electron chi connectivity index (χ2n) is 5.67. The Bertz CT molecular complexity index is 512. The normalized spacial score (nSPS) is 24.9. The van der Waals surface area contributed by atoms with Crippen molar-refractivity contribution in [2.75, 3.05) is 0 Å². The van der Waals surface area contributed by atoms with Gasteiger partial charge in [0.05, 0.1) is 0 Å². The summed E-state index contributed by atoms with van der Waals surface area (Å²) in [5.41, 5.74) is 2.60. The Kier molecular flexibility index (Phi) is 2.65. The van der Waals surface area contributed by atoms with Gasteiger partial charge in [0.1, 0.15) is 6.04 Å². The van der Waals surface area contributed by atoms with Crippen LogP contribution in [0.5, 0.6) is 0 Å². The number of hydrogen-bond donors (Lipinski definition) is 1. The van der Waals surface area contributed by atoms with E-state index in [4.69, 9.17) is 0 Å². The third-order valence-corrected chi connectivity index (χ3v) is 4.32. The van der Waals surface area contributed by atoms with Crippen molar-refractivity contribution < 1.29 is 4.57 Å². The van der Waals surface area contributed by atoms with Gasteiger partial charge in [-0.1, -0.05) is 26.0 Å². The fraction of sp³-hybridized carbons (Fsp3) is 0.533. The van der Waals surface area contributed by atoms with Crippen LogP contribution < -0.4 is 4.57 Å². The zero-order chi connectivity index (χ0) is 11.8. The molecular formula is C15H21N2+. The number of rotatable bonds is 2. The number of hydrogen-bond acceptors (Lipinski definition) is 0. The molecule has 1 aromatic heterocycles. The smallest absolute Gasteiger partial charge is 0.242 e. The Morgan fingerprint density at radius 2 is 2.06 bits per heavy atom. The molecule has 1 saturated carbocycles. The number of imidazole rings is 1. The number of nitrogens with zero attached hydrogens (tertiary/aromatic N) is 1. The summed E-state index contributed by atoms with van der Waals surface area (Å²) < 4.78 is 2.44. The minimum atomic E-state index is 0.693. The molecule has 0 saturated heterocycles. The van der Waals surface area contributed by atoms with Crippen molar-refractivity contribution in [3.8, 4) is 0 Å². The average molecular weight is 229 g/mol. The molecule has 1 aliphatic carbocycles. The molecule has 0 radical (unpaired) electrons. The van der Waals surface area contributed by atoms with Crippen molar-refractivity contribution in [3.63, 3.8) is 0 Å². The van der Waals surface area contributed by atoms with Crippen LogP contribution in [0.2, 0.25) is 0 Å². The molecular weight excluding hydrogens is 208 g/mol. The molecule has 2 heteroatoms. The summed E-state index contributed by atoms with van der Waals surface area (Å²) in [5, 5.41) is 0. The van der Waals surface area contributed by atoms with Crippen molar-refractivity contribution >= 4 is 11.0 Å². The van der Waals surface area contributed by atoms with Gasteiger partial charge in [-0.3, -0.25) is 0 Å². The summed E-state index contributed by atoms with van der Waals surface area (Å²) in [5.74, 6) is 1.73. The number of para-hydroxylation sites is 2. The summed E-state index contributed by atoms with van der Waals surface area (Å²) in [6.07, 6.45) is 6.20. The third kappa shape index (κ3) is 1.86. The maximum atomic E-state index is 3.37. The highest BCUT2D eigenvalue weighted by molar-refractivity contribution is 5.70. The number of fused-ring (bicyclic) bond motifs is 1. The monoisotopic (exact) mass is 229 g/mol. The van der Waals surface area contributed by atoms with Gasteiger partial charge in [-0.05, 0) is 43.2 Å². The lowest BCUT2D eigenvalue weighted by Crippen LogP contribution is -2.36. The summed E-state index contributed by atoms with van der Waals surface area (Å²) in [4.78, 5) is 3.37. The first kappa shape index (κ1) is 10.8. The van der Waals surface area contributed by atoms with Gasteiger partial charge in [-0.25, -0.2) is 9.55 Å². The lowest BCUT2D eigenvalue weighted by molar-refractivity contribution is -0.697. The molecule has 0 amide bonds. The van der Waals surface area contributed by atoms with Crippen LogP contribution in [0, 0.1) is 11.8 Å². The quantitative estimate of drug-likeness (QED) is 0.761. The Balaban J connectivity index is 1.90. The fourth-order valence-corrected chi connectivity index (χ4v) is 3.18. The zero-order valence-corrected chi connectivity index (χ0v) is 10.7. The molecule has 17 heavy (non-hydrogen) atoms. The van der Waals surface area contributed by atoms with E-state index in [9.17, 15) is 0 Å². The first-order valence-corrected chi connectivity index (χ1v) is 6.73. The van der Waals surface area contributed by atoms with Gasteiger partial charge in [0.15, 0.2) is 11.0 Å². The molecule has 1 heterocycles. The highest BCUT2D eigenvalue weighted by Gasteiger charge is 2.31. The average Bonchev–Trinajstić information content (AvgIpc) is 2.95. The first-order chi connectivity index (χ1) is 8.25. The molecule has 0 bridgehead atoms. The first-order valence-electron chi connectivity index (χ1n) is 6.73. The molecule has 1 aromatic carbocycles. The van der Waals surface area contributed by atoms with Crippen molar-refractivity contribution in [3.05, 3.63) is 30.6 Å². The Hall–Kier alpha value is -1.31. The molecule has 0 aliphatic heterocycles. The molecule has 3 rings (SSSR count). The van der Waals surface area contributed by atoms with Crippen LogP contribution in [-0.4, -0.2) is 4.98 Å². The van der Waals surface area contributed by atoms with E-state index in [1.54, 1.807) is 0 Å². The topological polar surface area (TPSA) is 19.7 Å². The van der Waals surface area contributed by atoms with Crippen LogP contribution in [0.4, 0.5) is 0 Å². The summed E-state index contributed by atoms with van der Waals surface area (Å²) >= 11 is 0. The molecule has 2 aromatic rings. The molecule has 1 fully saturated rings. The molecule has 0 spiro atoms. The number of aromatic nitrogens is 2. The molecule has 90 valence electrons. The summed E-state index contributed by atoms with van der Waals surface area (Å²) in [6, 6.07) is 9.28. The molecule has 2 unspecified atom stereocenters. The predicted molar refractivity (Wildman–Crippen MR) is 69.7 cm³/mol. The Morgan fingerprint density at radius 3 is 2.82 bits per heavy atom. The van der Waals surface area contributed by atoms with Gasteiger partial charge >= 0.3 is 0 Å². The van der Waals surface area contributed by atoms with E-state index in [-0.39, 0.29) is 0 Å². The van der Waals surface area contributed by atoms with Gasteiger partial charge < -0.3 is 0 Å². The van der Waals surface area contributed by atoms with E-state index in [1.165, 1.54) is 30.3 Å². The van der Waals surface area contributed by atoms with Crippen molar-refractivity contribution in [2.45, 2.75) is 39.2 Å². The van der Waals surface area contributed by atoms with Crippen LogP contribution in [0.3, 0.4) is 0 Å². The SMILES string of the molecule is CC(C)C1CCC([n+]2c[nH]c3ccccc32)C1. The minimum absolute atomic E-state index is 0.693. The van der Waals surface area contributed by atoms with Crippen LogP contribution in [0.1, 0.15) is 39.2 Å². The second kappa shape index (κ2) is 4.17. The van der Waals surface area contributed by atoms with Crippen LogP contribution >= 0.6 is 0 Å². The predicted octanol–water partition coefficient (Wildman–Crippen LogP) is 3.45. The zero-order valence-electron chi connectivity index (χ0n) is 10.7. The highest BCUT2D eigenvalue weighted by Crippen LogP contribution is 2.36. The lowest BCUT2D eigenvalue weighted by atomic mass is 9.94. The van der Waals surface area contributed by atoms with E-state index >= 15 is 0 Å². The second-order valence-corrected chi connectivity index (χ2v) is 5.67. The van der Waals surface area contributed by atoms with Gasteiger partial charge in [0.2, 0.25) is 6.33 Å².